The lowest BCUT2D eigenvalue weighted by Gasteiger charge is -2.07. The van der Waals surface area contributed by atoms with Gasteiger partial charge >= 0.3 is 5.97 Å². The van der Waals surface area contributed by atoms with Gasteiger partial charge in [0, 0.05) is 24.1 Å². The van der Waals surface area contributed by atoms with Crippen LogP contribution < -0.4 is 0 Å². The van der Waals surface area contributed by atoms with Gasteiger partial charge in [-0.3, -0.25) is 4.79 Å². The fourth-order valence-electron chi connectivity index (χ4n) is 2.74. The Morgan fingerprint density at radius 1 is 0.935 bits per heavy atom. The van der Waals surface area contributed by atoms with Crippen molar-refractivity contribution in [2.75, 3.05) is 6.61 Å². The van der Waals surface area contributed by atoms with Crippen LogP contribution in [0.15, 0.2) is 89.6 Å². The van der Waals surface area contributed by atoms with Crippen LogP contribution in [0.2, 0.25) is 0 Å². The number of nitrogens with zero attached hydrogens (tertiary/aromatic N) is 2. The maximum absolute atomic E-state index is 12.6. The number of hydrogen-bond donors (Lipinski definition) is 2. The molecule has 0 bridgehead atoms. The fourth-order valence-corrected chi connectivity index (χ4v) is 2.74. The lowest BCUT2D eigenvalue weighted by molar-refractivity contribution is -0.137. The minimum Gasteiger partial charge on any atom is -0.507 e. The third-order valence-corrected chi connectivity index (χ3v) is 4.38. The number of azo groups is 1. The highest BCUT2D eigenvalue weighted by atomic mass is 16.5. The Bertz CT molecular complexity index is 1120. The summed E-state index contributed by atoms with van der Waals surface area (Å²) in [7, 11) is 0. The van der Waals surface area contributed by atoms with Crippen LogP contribution in [-0.4, -0.2) is 28.6 Å². The first-order valence-electron chi connectivity index (χ1n) is 9.43. The molecule has 0 saturated carbocycles. The highest BCUT2D eigenvalue weighted by molar-refractivity contribution is 6.11. The molecule has 0 fully saturated rings. The van der Waals surface area contributed by atoms with Gasteiger partial charge in [-0.2, -0.15) is 5.11 Å². The summed E-state index contributed by atoms with van der Waals surface area (Å²) in [4.78, 5) is 23.7. The number of rotatable bonds is 8. The van der Waals surface area contributed by atoms with Gasteiger partial charge in [-0.1, -0.05) is 49.0 Å². The number of ether oxygens (including phenoxy) is 1. The molecule has 0 radical (unpaired) electrons. The third kappa shape index (κ3) is 5.63. The van der Waals surface area contributed by atoms with Crippen LogP contribution in [0.5, 0.6) is 11.5 Å². The average Bonchev–Trinajstić information content (AvgIpc) is 2.79. The Kier molecular flexibility index (Phi) is 6.90. The molecule has 3 rings (SSSR count). The minimum atomic E-state index is -0.468. The van der Waals surface area contributed by atoms with E-state index in [4.69, 9.17) is 4.74 Å². The van der Waals surface area contributed by atoms with Crippen LogP contribution >= 0.6 is 0 Å². The zero-order valence-corrected chi connectivity index (χ0v) is 16.6. The number of carbonyl (C=O) groups is 2. The molecule has 3 aromatic carbocycles. The van der Waals surface area contributed by atoms with Gasteiger partial charge in [0.2, 0.25) is 0 Å². The summed E-state index contributed by atoms with van der Waals surface area (Å²) in [6, 6.07) is 17.9. The second kappa shape index (κ2) is 9.98. The van der Waals surface area contributed by atoms with E-state index in [0.29, 0.717) is 17.7 Å². The van der Waals surface area contributed by atoms with Crippen molar-refractivity contribution in [2.45, 2.75) is 6.42 Å². The van der Waals surface area contributed by atoms with E-state index in [1.165, 1.54) is 6.07 Å². The summed E-state index contributed by atoms with van der Waals surface area (Å²) >= 11 is 0. The average molecular weight is 416 g/mol. The molecule has 0 aliphatic rings. The molecule has 0 amide bonds. The summed E-state index contributed by atoms with van der Waals surface area (Å²) in [6.07, 6.45) is 1.65. The van der Waals surface area contributed by atoms with Gasteiger partial charge in [0.15, 0.2) is 5.78 Å². The topological polar surface area (TPSA) is 109 Å². The highest BCUT2D eigenvalue weighted by Gasteiger charge is 2.16. The monoisotopic (exact) mass is 416 g/mol. The van der Waals surface area contributed by atoms with Gasteiger partial charge in [-0.05, 0) is 23.8 Å². The quantitative estimate of drug-likeness (QED) is 0.232. The van der Waals surface area contributed by atoms with E-state index >= 15 is 0 Å². The Hall–Kier alpha value is -4.26. The van der Waals surface area contributed by atoms with E-state index < -0.39 is 11.8 Å². The Balaban J connectivity index is 1.74. The number of ketones is 1. The van der Waals surface area contributed by atoms with Crippen LogP contribution in [0.4, 0.5) is 11.4 Å². The molecule has 0 aromatic heterocycles. The molecule has 3 aromatic rings. The van der Waals surface area contributed by atoms with Gasteiger partial charge in [0.05, 0.1) is 17.9 Å². The highest BCUT2D eigenvalue weighted by Crippen LogP contribution is 2.35. The van der Waals surface area contributed by atoms with Gasteiger partial charge < -0.3 is 14.9 Å². The number of aromatic hydroxyl groups is 2. The number of carbonyl (C=O) groups excluding carboxylic acids is 2. The van der Waals surface area contributed by atoms with E-state index in [-0.39, 0.29) is 29.4 Å². The Morgan fingerprint density at radius 3 is 2.32 bits per heavy atom. The number of esters is 1. The van der Waals surface area contributed by atoms with Crippen molar-refractivity contribution in [1.29, 1.82) is 0 Å². The van der Waals surface area contributed by atoms with Gasteiger partial charge in [-0.25, -0.2) is 4.79 Å². The minimum absolute atomic E-state index is 0.0161. The number of phenolic OH excluding ortho intramolecular Hbond substituents is 2. The number of phenols is 2. The van der Waals surface area contributed by atoms with E-state index in [1.807, 2.05) is 12.1 Å². The van der Waals surface area contributed by atoms with Crippen LogP contribution in [0.1, 0.15) is 21.5 Å². The molecule has 156 valence electrons. The molecule has 7 nitrogen and oxygen atoms in total. The molecular formula is C24H20N2O5. The lowest BCUT2D eigenvalue weighted by Crippen LogP contribution is -2.04. The lowest BCUT2D eigenvalue weighted by atomic mass is 10.0. The zero-order chi connectivity index (χ0) is 22.2. The van der Waals surface area contributed by atoms with Gasteiger partial charge in [0.1, 0.15) is 17.2 Å². The largest absolute Gasteiger partial charge is 0.507 e. The second-order valence-electron chi connectivity index (χ2n) is 6.54. The summed E-state index contributed by atoms with van der Waals surface area (Å²) in [5.41, 5.74) is 1.94. The Labute approximate surface area is 179 Å². The summed E-state index contributed by atoms with van der Waals surface area (Å²) in [5, 5.41) is 28.3. The van der Waals surface area contributed by atoms with Crippen molar-refractivity contribution >= 4 is 23.1 Å². The molecule has 2 N–H and O–H groups in total. The van der Waals surface area contributed by atoms with Crippen LogP contribution in [0.25, 0.3) is 0 Å². The predicted molar refractivity (Wildman–Crippen MR) is 115 cm³/mol. The zero-order valence-electron chi connectivity index (χ0n) is 16.6. The van der Waals surface area contributed by atoms with Gasteiger partial charge in [0.25, 0.3) is 0 Å². The standard InChI is InChI=1S/C24H20N2O5/c1-2-23(29)31-13-12-16-8-10-18(11-9-16)25-26-20-14-19(21(27)15-22(20)28)24(30)17-6-4-3-5-7-17/h2-11,14-15,27-28H,1,12-13H2. The first-order chi connectivity index (χ1) is 15.0. The first kappa shape index (κ1) is 21.4. The molecule has 31 heavy (non-hydrogen) atoms. The smallest absolute Gasteiger partial charge is 0.330 e. The van der Waals surface area contributed by atoms with Crippen LogP contribution in [0.3, 0.4) is 0 Å². The summed E-state index contributed by atoms with van der Waals surface area (Å²) in [5.74, 6) is -1.50. The van der Waals surface area contributed by atoms with E-state index in [1.54, 1.807) is 42.5 Å². The second-order valence-corrected chi connectivity index (χ2v) is 6.54. The molecule has 0 aliphatic carbocycles. The Morgan fingerprint density at radius 2 is 1.65 bits per heavy atom. The van der Waals surface area contributed by atoms with Crippen LogP contribution in [-0.2, 0) is 16.0 Å². The van der Waals surface area contributed by atoms with Crippen molar-refractivity contribution in [3.8, 4) is 11.5 Å². The molecule has 7 heteroatoms. The molecule has 0 heterocycles. The predicted octanol–water partition coefficient (Wildman–Crippen LogP) is 5.02. The van der Waals surface area contributed by atoms with Crippen molar-refractivity contribution in [3.63, 3.8) is 0 Å². The van der Waals surface area contributed by atoms with E-state index in [2.05, 4.69) is 16.8 Å². The molecular weight excluding hydrogens is 396 g/mol. The SMILES string of the molecule is C=CC(=O)OCCc1ccc(N=Nc2cc(C(=O)c3ccccc3)c(O)cc2O)cc1. The first-order valence-corrected chi connectivity index (χ1v) is 9.43. The van der Waals surface area contributed by atoms with Crippen molar-refractivity contribution < 1.29 is 24.5 Å². The van der Waals surface area contributed by atoms with Crippen molar-refractivity contribution in [3.05, 3.63) is 96.1 Å². The molecule has 0 saturated heterocycles. The normalized spacial score (nSPS) is 10.7. The van der Waals surface area contributed by atoms with Crippen molar-refractivity contribution in [2.24, 2.45) is 10.2 Å². The maximum atomic E-state index is 12.6. The van der Waals surface area contributed by atoms with E-state index in [0.717, 1.165) is 17.7 Å². The maximum Gasteiger partial charge on any atom is 0.330 e. The fraction of sp³-hybridized carbons (Fsp3) is 0.0833. The van der Waals surface area contributed by atoms with Crippen molar-refractivity contribution in [1.82, 2.24) is 0 Å². The molecule has 0 unspecified atom stereocenters. The molecule has 0 spiro atoms. The van der Waals surface area contributed by atoms with Gasteiger partial charge in [-0.15, -0.1) is 5.11 Å². The number of hydrogen-bond acceptors (Lipinski definition) is 7. The summed E-state index contributed by atoms with van der Waals surface area (Å²) < 4.78 is 4.94. The molecule has 0 aliphatic heterocycles. The van der Waals surface area contributed by atoms with Crippen LogP contribution in [0, 0.1) is 0 Å². The summed E-state index contributed by atoms with van der Waals surface area (Å²) in [6.45, 7) is 3.58. The van der Waals surface area contributed by atoms with E-state index in [9.17, 15) is 19.8 Å². The third-order valence-electron chi connectivity index (χ3n) is 4.38. The molecule has 0 atom stereocenters. The number of benzene rings is 3.